The van der Waals surface area contributed by atoms with E-state index in [1.807, 2.05) is 6.07 Å². The van der Waals surface area contributed by atoms with Gasteiger partial charge in [0.05, 0.1) is 7.11 Å². The predicted octanol–water partition coefficient (Wildman–Crippen LogP) is 2.83. The van der Waals surface area contributed by atoms with Crippen molar-refractivity contribution >= 4 is 0 Å². The molecule has 3 nitrogen and oxygen atoms in total. The summed E-state index contributed by atoms with van der Waals surface area (Å²) in [6.07, 6.45) is 5.29. The number of nitrogens with zero attached hydrogens (tertiary/aromatic N) is 1. The zero-order valence-corrected chi connectivity index (χ0v) is 12.5. The third-order valence-corrected chi connectivity index (χ3v) is 4.79. The van der Waals surface area contributed by atoms with Gasteiger partial charge in [0.25, 0.3) is 0 Å². The van der Waals surface area contributed by atoms with Crippen LogP contribution in [0.5, 0.6) is 5.75 Å². The number of rotatable bonds is 4. The molecular weight excluding hydrogens is 248 g/mol. The first kappa shape index (κ1) is 13.9. The molecule has 2 aliphatic rings. The first-order valence-electron chi connectivity index (χ1n) is 7.95. The van der Waals surface area contributed by atoms with Crippen LogP contribution in [0.15, 0.2) is 24.3 Å². The summed E-state index contributed by atoms with van der Waals surface area (Å²) in [6, 6.07) is 9.23. The summed E-state index contributed by atoms with van der Waals surface area (Å²) in [5.41, 5.74) is 1.43. The molecule has 0 saturated carbocycles. The molecule has 2 fully saturated rings. The Morgan fingerprint density at radius 3 is 2.90 bits per heavy atom. The van der Waals surface area contributed by atoms with Crippen molar-refractivity contribution < 1.29 is 4.74 Å². The van der Waals surface area contributed by atoms with Gasteiger partial charge in [-0.05, 0) is 68.9 Å². The minimum Gasteiger partial charge on any atom is -0.497 e. The molecule has 0 spiro atoms. The lowest BCUT2D eigenvalue weighted by atomic mass is 9.96. The van der Waals surface area contributed by atoms with E-state index in [1.165, 1.54) is 57.4 Å². The largest absolute Gasteiger partial charge is 0.497 e. The van der Waals surface area contributed by atoms with E-state index in [-0.39, 0.29) is 0 Å². The Morgan fingerprint density at radius 1 is 1.25 bits per heavy atom. The lowest BCUT2D eigenvalue weighted by Crippen LogP contribution is -2.36. The molecule has 3 heteroatoms. The molecule has 2 saturated heterocycles. The van der Waals surface area contributed by atoms with Gasteiger partial charge in [0.15, 0.2) is 0 Å². The molecule has 1 atom stereocenters. The second-order valence-electron chi connectivity index (χ2n) is 6.12. The summed E-state index contributed by atoms with van der Waals surface area (Å²) in [5, 5.41) is 3.46. The fourth-order valence-corrected chi connectivity index (χ4v) is 3.67. The number of methoxy groups -OCH3 is 1. The average molecular weight is 274 g/mol. The molecule has 0 aliphatic carbocycles. The van der Waals surface area contributed by atoms with Crippen LogP contribution >= 0.6 is 0 Å². The molecule has 1 N–H and O–H groups in total. The minimum absolute atomic E-state index is 0.597. The maximum atomic E-state index is 5.37. The highest BCUT2D eigenvalue weighted by molar-refractivity contribution is 5.31. The van der Waals surface area contributed by atoms with Gasteiger partial charge in [-0.1, -0.05) is 12.1 Å². The van der Waals surface area contributed by atoms with Gasteiger partial charge >= 0.3 is 0 Å². The molecule has 20 heavy (non-hydrogen) atoms. The normalized spacial score (nSPS) is 24.9. The summed E-state index contributed by atoms with van der Waals surface area (Å²) in [6.45, 7) is 4.92. The van der Waals surface area contributed by atoms with E-state index in [0.29, 0.717) is 6.04 Å². The molecule has 1 aromatic rings. The van der Waals surface area contributed by atoms with Crippen molar-refractivity contribution in [2.24, 2.45) is 5.92 Å². The van der Waals surface area contributed by atoms with Crippen LogP contribution < -0.4 is 10.1 Å². The van der Waals surface area contributed by atoms with E-state index in [9.17, 15) is 0 Å². The Kier molecular flexibility index (Phi) is 4.58. The minimum atomic E-state index is 0.597. The molecule has 1 aromatic carbocycles. The fourth-order valence-electron chi connectivity index (χ4n) is 3.67. The van der Waals surface area contributed by atoms with Crippen LogP contribution in [-0.2, 0) is 0 Å². The van der Waals surface area contributed by atoms with Gasteiger partial charge in [0.2, 0.25) is 0 Å². The third-order valence-electron chi connectivity index (χ3n) is 4.79. The van der Waals surface area contributed by atoms with Gasteiger partial charge < -0.3 is 10.1 Å². The van der Waals surface area contributed by atoms with Gasteiger partial charge in [-0.25, -0.2) is 0 Å². The second-order valence-corrected chi connectivity index (χ2v) is 6.12. The lowest BCUT2D eigenvalue weighted by Gasteiger charge is -2.31. The highest BCUT2D eigenvalue weighted by Gasteiger charge is 2.28. The number of hydrogen-bond acceptors (Lipinski definition) is 3. The monoisotopic (exact) mass is 274 g/mol. The lowest BCUT2D eigenvalue weighted by molar-refractivity contribution is 0.193. The number of ether oxygens (including phenoxy) is 1. The zero-order valence-electron chi connectivity index (χ0n) is 12.5. The van der Waals surface area contributed by atoms with Crippen LogP contribution in [0.3, 0.4) is 0 Å². The van der Waals surface area contributed by atoms with Crippen molar-refractivity contribution in [3.8, 4) is 5.75 Å². The molecule has 0 aromatic heterocycles. The van der Waals surface area contributed by atoms with Crippen molar-refractivity contribution in [3.05, 3.63) is 29.8 Å². The van der Waals surface area contributed by atoms with Crippen LogP contribution in [0.25, 0.3) is 0 Å². The smallest absolute Gasteiger partial charge is 0.119 e. The molecule has 2 aliphatic heterocycles. The van der Waals surface area contributed by atoms with Gasteiger partial charge in [-0.2, -0.15) is 0 Å². The number of piperidine rings is 1. The van der Waals surface area contributed by atoms with E-state index in [4.69, 9.17) is 4.74 Å². The van der Waals surface area contributed by atoms with Gasteiger partial charge in [-0.15, -0.1) is 0 Å². The molecule has 0 amide bonds. The first-order valence-corrected chi connectivity index (χ1v) is 7.95. The Morgan fingerprint density at radius 2 is 2.10 bits per heavy atom. The summed E-state index contributed by atoms with van der Waals surface area (Å²) < 4.78 is 5.37. The highest BCUT2D eigenvalue weighted by Crippen LogP contribution is 2.34. The van der Waals surface area contributed by atoms with Crippen LogP contribution in [-0.4, -0.2) is 38.2 Å². The zero-order chi connectivity index (χ0) is 13.8. The summed E-state index contributed by atoms with van der Waals surface area (Å²) in [7, 11) is 1.75. The van der Waals surface area contributed by atoms with E-state index in [0.717, 1.165) is 11.7 Å². The Bertz CT molecular complexity index is 429. The Hall–Kier alpha value is -1.06. The summed E-state index contributed by atoms with van der Waals surface area (Å²) >= 11 is 0. The maximum Gasteiger partial charge on any atom is 0.119 e. The SMILES string of the molecule is COc1cccc(C2CCCN2CC2CCNCC2)c1. The van der Waals surface area contributed by atoms with Crippen LogP contribution in [0, 0.1) is 5.92 Å². The Balaban J connectivity index is 1.67. The molecule has 3 rings (SSSR count). The van der Waals surface area contributed by atoms with E-state index in [1.54, 1.807) is 7.11 Å². The molecule has 2 heterocycles. The van der Waals surface area contributed by atoms with Crippen LogP contribution in [0.4, 0.5) is 0 Å². The first-order chi connectivity index (χ1) is 9.86. The molecule has 0 bridgehead atoms. The standard InChI is InChI=1S/C17H26N2O/c1-20-16-5-2-4-15(12-16)17-6-3-11-19(17)13-14-7-9-18-10-8-14/h2,4-5,12,14,17-18H,3,6-11,13H2,1H3. The summed E-state index contributed by atoms with van der Waals surface area (Å²) in [4.78, 5) is 2.70. The van der Waals surface area contributed by atoms with Gasteiger partial charge in [0.1, 0.15) is 5.75 Å². The Labute approximate surface area is 122 Å². The molecule has 110 valence electrons. The fraction of sp³-hybridized carbons (Fsp3) is 0.647. The molecule has 0 radical (unpaired) electrons. The van der Waals surface area contributed by atoms with Crippen molar-refractivity contribution in [1.29, 1.82) is 0 Å². The average Bonchev–Trinajstić information content (AvgIpc) is 2.96. The number of likely N-dealkylation sites (tertiary alicyclic amines) is 1. The van der Waals surface area contributed by atoms with Crippen molar-refractivity contribution in [2.75, 3.05) is 33.3 Å². The predicted molar refractivity (Wildman–Crippen MR) is 82.1 cm³/mol. The summed E-state index contributed by atoms with van der Waals surface area (Å²) in [5.74, 6) is 1.86. The second kappa shape index (κ2) is 6.59. The molecule has 1 unspecified atom stereocenters. The number of hydrogen-bond donors (Lipinski definition) is 1. The topological polar surface area (TPSA) is 24.5 Å². The van der Waals surface area contributed by atoms with E-state index >= 15 is 0 Å². The number of benzene rings is 1. The van der Waals surface area contributed by atoms with Crippen LogP contribution in [0.2, 0.25) is 0 Å². The van der Waals surface area contributed by atoms with Crippen molar-refractivity contribution in [1.82, 2.24) is 10.2 Å². The quantitative estimate of drug-likeness (QED) is 0.913. The number of nitrogens with one attached hydrogen (secondary N) is 1. The molecular formula is C17H26N2O. The van der Waals surface area contributed by atoms with Crippen LogP contribution in [0.1, 0.15) is 37.3 Å². The maximum absolute atomic E-state index is 5.37. The third kappa shape index (κ3) is 3.15. The van der Waals surface area contributed by atoms with Gasteiger partial charge in [0, 0.05) is 12.6 Å². The van der Waals surface area contributed by atoms with E-state index < -0.39 is 0 Å². The van der Waals surface area contributed by atoms with E-state index in [2.05, 4.69) is 28.4 Å². The van der Waals surface area contributed by atoms with Crippen molar-refractivity contribution in [3.63, 3.8) is 0 Å². The highest BCUT2D eigenvalue weighted by atomic mass is 16.5. The van der Waals surface area contributed by atoms with Crippen molar-refractivity contribution in [2.45, 2.75) is 31.7 Å². The van der Waals surface area contributed by atoms with Gasteiger partial charge in [-0.3, -0.25) is 4.90 Å².